The third-order valence-corrected chi connectivity index (χ3v) is 4.35. The number of carbonyl (C=O) groups excluding carboxylic acids is 1. The SMILES string of the molecule is CC(CN)C(=O)N(CCN(C)Cc1ccccc1)Cc1ccccc1.Cl.Cl. The Kier molecular flexibility index (Phi) is 12.8. The van der Waals surface area contributed by atoms with Crippen molar-refractivity contribution in [1.82, 2.24) is 9.80 Å². The molecule has 0 aliphatic carbocycles. The number of carbonyl (C=O) groups is 1. The number of nitrogens with zero attached hydrogens (tertiary/aromatic N) is 2. The molecular formula is C21H31Cl2N3O. The first-order valence-electron chi connectivity index (χ1n) is 8.85. The van der Waals surface area contributed by atoms with E-state index in [9.17, 15) is 4.79 Å². The predicted molar refractivity (Wildman–Crippen MR) is 117 cm³/mol. The van der Waals surface area contributed by atoms with Gasteiger partial charge in [0, 0.05) is 38.6 Å². The summed E-state index contributed by atoms with van der Waals surface area (Å²) in [5.41, 5.74) is 8.13. The fraction of sp³-hybridized carbons (Fsp3) is 0.381. The van der Waals surface area contributed by atoms with Gasteiger partial charge in [0.05, 0.1) is 0 Å². The zero-order valence-corrected chi connectivity index (χ0v) is 17.7. The zero-order valence-electron chi connectivity index (χ0n) is 16.1. The Morgan fingerprint density at radius 1 is 0.889 bits per heavy atom. The lowest BCUT2D eigenvalue weighted by Crippen LogP contribution is -2.41. The van der Waals surface area contributed by atoms with Gasteiger partial charge in [0.15, 0.2) is 0 Å². The third-order valence-electron chi connectivity index (χ3n) is 4.35. The summed E-state index contributed by atoms with van der Waals surface area (Å²) in [6.07, 6.45) is 0. The van der Waals surface area contributed by atoms with E-state index in [1.165, 1.54) is 5.56 Å². The summed E-state index contributed by atoms with van der Waals surface area (Å²) in [6.45, 7) is 5.30. The van der Waals surface area contributed by atoms with Crippen molar-refractivity contribution in [3.05, 3.63) is 71.8 Å². The topological polar surface area (TPSA) is 49.6 Å². The van der Waals surface area contributed by atoms with Crippen molar-refractivity contribution in [3.63, 3.8) is 0 Å². The van der Waals surface area contributed by atoms with Crippen LogP contribution in [0, 0.1) is 5.92 Å². The molecule has 0 radical (unpaired) electrons. The molecule has 0 heterocycles. The molecule has 0 aliphatic heterocycles. The molecule has 2 aromatic carbocycles. The highest BCUT2D eigenvalue weighted by molar-refractivity contribution is 5.85. The standard InChI is InChI=1S/C21H29N3O.2ClH/c1-18(15-22)21(25)24(17-20-11-7-4-8-12-20)14-13-23(2)16-19-9-5-3-6-10-19;;/h3-12,18H,13-17,22H2,1-2H3;2*1H. The van der Waals surface area contributed by atoms with Crippen LogP contribution in [0.2, 0.25) is 0 Å². The van der Waals surface area contributed by atoms with Gasteiger partial charge >= 0.3 is 0 Å². The van der Waals surface area contributed by atoms with Crippen LogP contribution in [-0.4, -0.2) is 42.4 Å². The van der Waals surface area contributed by atoms with Crippen molar-refractivity contribution in [2.24, 2.45) is 11.7 Å². The van der Waals surface area contributed by atoms with E-state index in [1.807, 2.05) is 36.1 Å². The molecule has 0 fully saturated rings. The van der Waals surface area contributed by atoms with Crippen LogP contribution in [-0.2, 0) is 17.9 Å². The molecule has 2 N–H and O–H groups in total. The highest BCUT2D eigenvalue weighted by Crippen LogP contribution is 2.10. The number of halogens is 2. The Morgan fingerprint density at radius 2 is 1.37 bits per heavy atom. The van der Waals surface area contributed by atoms with E-state index < -0.39 is 0 Å². The van der Waals surface area contributed by atoms with Crippen LogP contribution in [0.3, 0.4) is 0 Å². The number of nitrogens with two attached hydrogens (primary N) is 1. The molecule has 1 atom stereocenters. The second-order valence-electron chi connectivity index (χ2n) is 6.61. The summed E-state index contributed by atoms with van der Waals surface area (Å²) in [4.78, 5) is 16.8. The van der Waals surface area contributed by atoms with Gasteiger partial charge in [-0.1, -0.05) is 67.6 Å². The van der Waals surface area contributed by atoms with Crippen LogP contribution in [0.25, 0.3) is 0 Å². The summed E-state index contributed by atoms with van der Waals surface area (Å²) in [7, 11) is 2.09. The minimum Gasteiger partial charge on any atom is -0.337 e. The summed E-state index contributed by atoms with van der Waals surface area (Å²) in [5, 5.41) is 0. The summed E-state index contributed by atoms with van der Waals surface area (Å²) < 4.78 is 0. The first kappa shape index (κ1) is 25.4. The Hall–Kier alpha value is -1.59. The van der Waals surface area contributed by atoms with Crippen LogP contribution >= 0.6 is 24.8 Å². The monoisotopic (exact) mass is 411 g/mol. The maximum atomic E-state index is 12.7. The maximum Gasteiger partial charge on any atom is 0.227 e. The van der Waals surface area contributed by atoms with Crippen molar-refractivity contribution >= 4 is 30.7 Å². The van der Waals surface area contributed by atoms with Crippen molar-refractivity contribution in [2.45, 2.75) is 20.0 Å². The second kappa shape index (κ2) is 13.6. The molecule has 0 saturated heterocycles. The minimum atomic E-state index is -0.150. The molecule has 0 spiro atoms. The number of hydrogen-bond donors (Lipinski definition) is 1. The smallest absolute Gasteiger partial charge is 0.227 e. The van der Waals surface area contributed by atoms with Gasteiger partial charge in [0.2, 0.25) is 5.91 Å². The van der Waals surface area contributed by atoms with E-state index in [1.54, 1.807) is 0 Å². The Labute approximate surface area is 175 Å². The maximum absolute atomic E-state index is 12.7. The molecule has 4 nitrogen and oxygen atoms in total. The summed E-state index contributed by atoms with van der Waals surface area (Å²) >= 11 is 0. The number of amides is 1. The van der Waals surface area contributed by atoms with E-state index in [0.717, 1.165) is 18.7 Å². The zero-order chi connectivity index (χ0) is 18.1. The lowest BCUT2D eigenvalue weighted by molar-refractivity contribution is -0.135. The molecule has 1 amide bonds. The minimum absolute atomic E-state index is 0. The molecule has 6 heteroatoms. The average Bonchev–Trinajstić information content (AvgIpc) is 2.65. The molecule has 0 bridgehead atoms. The lowest BCUT2D eigenvalue weighted by atomic mass is 10.1. The van der Waals surface area contributed by atoms with Crippen molar-refractivity contribution in [1.29, 1.82) is 0 Å². The van der Waals surface area contributed by atoms with Gasteiger partial charge < -0.3 is 15.5 Å². The lowest BCUT2D eigenvalue weighted by Gasteiger charge is -2.28. The van der Waals surface area contributed by atoms with E-state index in [0.29, 0.717) is 19.6 Å². The van der Waals surface area contributed by atoms with Crippen LogP contribution in [0.15, 0.2) is 60.7 Å². The van der Waals surface area contributed by atoms with Crippen LogP contribution in [0.4, 0.5) is 0 Å². The van der Waals surface area contributed by atoms with Gasteiger partial charge in [-0.15, -0.1) is 24.8 Å². The van der Waals surface area contributed by atoms with Gasteiger partial charge in [0.1, 0.15) is 0 Å². The quantitative estimate of drug-likeness (QED) is 0.685. The third kappa shape index (κ3) is 8.76. The van der Waals surface area contributed by atoms with E-state index in [4.69, 9.17) is 5.73 Å². The van der Waals surface area contributed by atoms with Gasteiger partial charge in [-0.3, -0.25) is 4.79 Å². The van der Waals surface area contributed by atoms with E-state index in [2.05, 4.69) is 48.3 Å². The molecule has 0 aliphatic rings. The first-order chi connectivity index (χ1) is 12.1. The van der Waals surface area contributed by atoms with Crippen LogP contribution < -0.4 is 5.73 Å². The largest absolute Gasteiger partial charge is 0.337 e. The number of hydrogen-bond acceptors (Lipinski definition) is 3. The molecule has 2 aromatic rings. The fourth-order valence-corrected chi connectivity index (χ4v) is 2.75. The van der Waals surface area contributed by atoms with Crippen molar-refractivity contribution in [3.8, 4) is 0 Å². The number of benzene rings is 2. The molecule has 2 rings (SSSR count). The van der Waals surface area contributed by atoms with Gasteiger partial charge in [-0.2, -0.15) is 0 Å². The fourth-order valence-electron chi connectivity index (χ4n) is 2.75. The van der Waals surface area contributed by atoms with E-state index >= 15 is 0 Å². The van der Waals surface area contributed by atoms with E-state index in [-0.39, 0.29) is 36.6 Å². The normalized spacial score (nSPS) is 11.3. The highest BCUT2D eigenvalue weighted by atomic mass is 35.5. The Morgan fingerprint density at radius 3 is 1.85 bits per heavy atom. The van der Waals surface area contributed by atoms with Gasteiger partial charge in [-0.25, -0.2) is 0 Å². The number of likely N-dealkylation sites (N-methyl/N-ethyl adjacent to an activating group) is 1. The predicted octanol–water partition coefficient (Wildman–Crippen LogP) is 3.59. The van der Waals surface area contributed by atoms with Gasteiger partial charge in [-0.05, 0) is 18.2 Å². The van der Waals surface area contributed by atoms with Crippen molar-refractivity contribution in [2.75, 3.05) is 26.7 Å². The summed E-state index contributed by atoms with van der Waals surface area (Å²) in [6, 6.07) is 20.5. The van der Waals surface area contributed by atoms with Crippen LogP contribution in [0.5, 0.6) is 0 Å². The molecule has 0 saturated carbocycles. The molecule has 1 unspecified atom stereocenters. The Bertz CT molecular complexity index is 640. The average molecular weight is 412 g/mol. The second-order valence-corrected chi connectivity index (χ2v) is 6.61. The molecule has 150 valence electrons. The Balaban J connectivity index is 0.00000338. The molecule has 27 heavy (non-hydrogen) atoms. The molecule has 0 aromatic heterocycles. The van der Waals surface area contributed by atoms with Crippen molar-refractivity contribution < 1.29 is 4.79 Å². The first-order valence-corrected chi connectivity index (χ1v) is 8.85. The van der Waals surface area contributed by atoms with Crippen LogP contribution in [0.1, 0.15) is 18.1 Å². The summed E-state index contributed by atoms with van der Waals surface area (Å²) in [5.74, 6) is -0.0254. The highest BCUT2D eigenvalue weighted by Gasteiger charge is 2.20. The van der Waals surface area contributed by atoms with Gasteiger partial charge in [0.25, 0.3) is 0 Å². The number of rotatable bonds is 9. The molecular weight excluding hydrogens is 381 g/mol.